The Balaban J connectivity index is 0.895. The van der Waals surface area contributed by atoms with Gasteiger partial charge in [0.25, 0.3) is 0 Å². The Kier molecular flexibility index (Phi) is 9.56. The number of hydrogen-bond donors (Lipinski definition) is 0. The minimum atomic E-state index is 0.0268. The molecule has 0 amide bonds. The molecule has 0 N–H and O–H groups in total. The van der Waals surface area contributed by atoms with Gasteiger partial charge >= 0.3 is 0 Å². The van der Waals surface area contributed by atoms with Crippen molar-refractivity contribution in [2.24, 2.45) is 0 Å². The SMILES string of the molecule is CC(C)(C)c1cc(-c2cccc3c2oc2ccc(-c4cccc(-c5cccc(-c6cccc(-c7cccc(-c8ccc9c(c8)sc8ccccc89)c7)c6)c5)c4)cc23)cc(C(C)(C)C)c1. The van der Waals surface area contributed by atoms with E-state index in [4.69, 9.17) is 4.42 Å². The molecule has 64 heavy (non-hydrogen) atoms. The zero-order valence-corrected chi connectivity index (χ0v) is 38.1. The van der Waals surface area contributed by atoms with Crippen LogP contribution in [0.2, 0.25) is 0 Å². The predicted molar refractivity (Wildman–Crippen MR) is 277 cm³/mol. The van der Waals surface area contributed by atoms with Gasteiger partial charge in [-0.25, -0.2) is 0 Å². The van der Waals surface area contributed by atoms with Crippen molar-refractivity contribution in [2.75, 3.05) is 0 Å². The first-order valence-electron chi connectivity index (χ1n) is 22.4. The fourth-order valence-electron chi connectivity index (χ4n) is 9.27. The van der Waals surface area contributed by atoms with E-state index in [0.29, 0.717) is 0 Å². The maximum atomic E-state index is 6.71. The molecule has 1 nitrogen and oxygen atoms in total. The van der Waals surface area contributed by atoms with Crippen molar-refractivity contribution in [3.8, 4) is 66.8 Å². The molecule has 2 aromatic heterocycles. The number of fused-ring (bicyclic) bond motifs is 6. The summed E-state index contributed by atoms with van der Waals surface area (Å²) >= 11 is 1.87. The molecule has 0 atom stereocenters. The average molecular weight is 843 g/mol. The summed E-state index contributed by atoms with van der Waals surface area (Å²) in [5.74, 6) is 0. The standard InChI is InChI=1S/C62H50OS/c1-61(2,3)50-34-49(35-51(38-50)62(4,5)6)52-23-13-24-55-56-36-47(27-29-57(56)63-60(52)55)45-20-11-18-43(32-45)41-16-9-14-39(30-41)40-15-10-17-42(31-40)44-19-12-21-46(33-44)48-26-28-54-53-22-7-8-25-58(53)64-59(54)37-48/h7-38H,1-6H3. The van der Waals surface area contributed by atoms with Crippen LogP contribution in [0.1, 0.15) is 52.7 Å². The second-order valence-electron chi connectivity index (χ2n) is 19.4. The van der Waals surface area contributed by atoms with E-state index in [0.717, 1.165) is 27.5 Å². The molecule has 2 heteroatoms. The second kappa shape index (κ2) is 15.4. The average Bonchev–Trinajstić information content (AvgIpc) is 3.89. The van der Waals surface area contributed by atoms with Crippen molar-refractivity contribution in [1.82, 2.24) is 0 Å². The summed E-state index contributed by atoms with van der Waals surface area (Å²) in [6, 6.07) is 71.7. The highest BCUT2D eigenvalue weighted by Gasteiger charge is 2.23. The van der Waals surface area contributed by atoms with E-state index in [1.807, 2.05) is 11.3 Å². The normalized spacial score (nSPS) is 12.2. The van der Waals surface area contributed by atoms with Gasteiger partial charge in [0.05, 0.1) is 0 Å². The van der Waals surface area contributed by atoms with Crippen molar-refractivity contribution < 1.29 is 4.42 Å². The molecule has 0 unspecified atom stereocenters. The smallest absolute Gasteiger partial charge is 0.143 e. The Labute approximate surface area is 380 Å². The number of rotatable bonds is 6. The van der Waals surface area contributed by atoms with Gasteiger partial charge in [-0.15, -0.1) is 11.3 Å². The van der Waals surface area contributed by atoms with Crippen LogP contribution in [0.5, 0.6) is 0 Å². The number of thiophene rings is 1. The van der Waals surface area contributed by atoms with Gasteiger partial charge in [0, 0.05) is 36.5 Å². The summed E-state index contributed by atoms with van der Waals surface area (Å²) in [6.45, 7) is 13.8. The summed E-state index contributed by atoms with van der Waals surface area (Å²) in [6.07, 6.45) is 0. The molecular formula is C62H50OS. The number of furan rings is 1. The van der Waals surface area contributed by atoms with E-state index in [9.17, 15) is 0 Å². The van der Waals surface area contributed by atoms with Crippen LogP contribution in [0.15, 0.2) is 199 Å². The minimum absolute atomic E-state index is 0.0268. The van der Waals surface area contributed by atoms with Crippen molar-refractivity contribution in [2.45, 2.75) is 52.4 Å². The lowest BCUT2D eigenvalue weighted by Crippen LogP contribution is -2.16. The number of para-hydroxylation sites is 1. The molecule has 0 saturated heterocycles. The highest BCUT2D eigenvalue weighted by atomic mass is 32.1. The third kappa shape index (κ3) is 7.32. The van der Waals surface area contributed by atoms with E-state index in [1.165, 1.54) is 92.5 Å². The van der Waals surface area contributed by atoms with Crippen LogP contribution in [-0.4, -0.2) is 0 Å². The molecule has 0 aliphatic heterocycles. The molecule has 0 bridgehead atoms. The van der Waals surface area contributed by atoms with E-state index < -0.39 is 0 Å². The van der Waals surface area contributed by atoms with Crippen molar-refractivity contribution in [3.63, 3.8) is 0 Å². The van der Waals surface area contributed by atoms with Crippen LogP contribution in [0.4, 0.5) is 0 Å². The lowest BCUT2D eigenvalue weighted by atomic mass is 9.79. The van der Waals surface area contributed by atoms with E-state index in [-0.39, 0.29) is 10.8 Å². The predicted octanol–water partition coefficient (Wildman–Crippen LogP) is 18.6. The molecule has 9 aromatic carbocycles. The Morgan fingerprint density at radius 1 is 0.312 bits per heavy atom. The Morgan fingerprint density at radius 2 is 0.750 bits per heavy atom. The zero-order valence-electron chi connectivity index (χ0n) is 37.3. The summed E-state index contributed by atoms with van der Waals surface area (Å²) < 4.78 is 9.37. The fourth-order valence-corrected chi connectivity index (χ4v) is 10.4. The molecule has 310 valence electrons. The van der Waals surface area contributed by atoms with Crippen molar-refractivity contribution in [1.29, 1.82) is 0 Å². The molecule has 11 aromatic rings. The van der Waals surface area contributed by atoms with Gasteiger partial charge in [-0.3, -0.25) is 0 Å². The first-order valence-corrected chi connectivity index (χ1v) is 23.2. The van der Waals surface area contributed by atoms with E-state index >= 15 is 0 Å². The van der Waals surface area contributed by atoms with E-state index in [2.05, 4.69) is 236 Å². The monoisotopic (exact) mass is 842 g/mol. The molecule has 11 rings (SSSR count). The lowest BCUT2D eigenvalue weighted by Gasteiger charge is -2.26. The largest absolute Gasteiger partial charge is 0.455 e. The van der Waals surface area contributed by atoms with Gasteiger partial charge in [0.2, 0.25) is 0 Å². The fraction of sp³-hybridized carbons (Fsp3) is 0.129. The van der Waals surface area contributed by atoms with Crippen LogP contribution in [-0.2, 0) is 10.8 Å². The van der Waals surface area contributed by atoms with Gasteiger partial charge in [-0.05, 0) is 132 Å². The summed E-state index contributed by atoms with van der Waals surface area (Å²) in [4.78, 5) is 0. The second-order valence-corrected chi connectivity index (χ2v) is 20.5. The topological polar surface area (TPSA) is 13.1 Å². The van der Waals surface area contributed by atoms with Gasteiger partial charge in [0.15, 0.2) is 0 Å². The Hall–Kier alpha value is -7.00. The van der Waals surface area contributed by atoms with Crippen LogP contribution >= 0.6 is 11.3 Å². The van der Waals surface area contributed by atoms with Crippen molar-refractivity contribution >= 4 is 53.4 Å². The first kappa shape index (κ1) is 39.8. The zero-order chi connectivity index (χ0) is 43.7. The van der Waals surface area contributed by atoms with Crippen molar-refractivity contribution in [3.05, 3.63) is 205 Å². The first-order chi connectivity index (χ1) is 30.9. The molecule has 2 heterocycles. The van der Waals surface area contributed by atoms with Gasteiger partial charge < -0.3 is 4.42 Å². The van der Waals surface area contributed by atoms with Crippen LogP contribution in [0, 0.1) is 0 Å². The Bertz CT molecular complexity index is 3550. The molecule has 0 saturated carbocycles. The summed E-state index contributed by atoms with van der Waals surface area (Å²) in [7, 11) is 0. The lowest BCUT2D eigenvalue weighted by molar-refractivity contribution is 0.569. The van der Waals surface area contributed by atoms with Gasteiger partial charge in [-0.1, -0.05) is 187 Å². The minimum Gasteiger partial charge on any atom is -0.455 e. The molecular weight excluding hydrogens is 793 g/mol. The maximum Gasteiger partial charge on any atom is 0.143 e. The molecule has 0 spiro atoms. The maximum absolute atomic E-state index is 6.71. The summed E-state index contributed by atoms with van der Waals surface area (Å²) in [5, 5.41) is 4.93. The molecule has 0 radical (unpaired) electrons. The van der Waals surface area contributed by atoms with Gasteiger partial charge in [0.1, 0.15) is 11.2 Å². The molecule has 0 fully saturated rings. The number of benzene rings is 9. The van der Waals surface area contributed by atoms with E-state index in [1.54, 1.807) is 0 Å². The molecule has 0 aliphatic carbocycles. The highest BCUT2D eigenvalue weighted by molar-refractivity contribution is 7.25. The third-order valence-corrected chi connectivity index (χ3v) is 14.1. The number of hydrogen-bond acceptors (Lipinski definition) is 2. The van der Waals surface area contributed by atoms with Gasteiger partial charge in [-0.2, -0.15) is 0 Å². The van der Waals surface area contributed by atoms with Crippen LogP contribution in [0.25, 0.3) is 109 Å². The quantitative estimate of drug-likeness (QED) is 0.163. The van der Waals surface area contributed by atoms with Crippen LogP contribution in [0.3, 0.4) is 0 Å². The Morgan fingerprint density at radius 3 is 1.28 bits per heavy atom. The summed E-state index contributed by atoms with van der Waals surface area (Å²) in [5.41, 5.74) is 18.9. The highest BCUT2D eigenvalue weighted by Crippen LogP contribution is 2.42. The van der Waals surface area contributed by atoms with Crippen LogP contribution < -0.4 is 0 Å². The molecule has 0 aliphatic rings. The third-order valence-electron chi connectivity index (χ3n) is 13.0.